The van der Waals surface area contributed by atoms with E-state index in [1.54, 1.807) is 13.2 Å². The summed E-state index contributed by atoms with van der Waals surface area (Å²) in [6.07, 6.45) is 5.48. The van der Waals surface area contributed by atoms with Gasteiger partial charge in [0.1, 0.15) is 23.5 Å². The minimum atomic E-state index is -0.338. The van der Waals surface area contributed by atoms with Crippen molar-refractivity contribution >= 4 is 22.3 Å². The fourth-order valence-electron chi connectivity index (χ4n) is 4.26. The van der Waals surface area contributed by atoms with Crippen LogP contribution in [0.2, 0.25) is 0 Å². The number of ether oxygens (including phenoxy) is 1. The number of halogens is 1. The highest BCUT2D eigenvalue weighted by atomic mass is 19.1. The summed E-state index contributed by atoms with van der Waals surface area (Å²) in [5.74, 6) is 0.230. The number of nitrogens with two attached hydrogens (primary N) is 1. The number of benzene rings is 2. The molecule has 0 amide bonds. The molecule has 0 fully saturated rings. The number of fused-ring (bicyclic) bond motifs is 1. The number of methoxy groups -OCH3 is 1. The second-order valence-electron chi connectivity index (χ2n) is 8.00. The van der Waals surface area contributed by atoms with Gasteiger partial charge in [0.05, 0.1) is 12.8 Å². The Labute approximate surface area is 185 Å². The minimum absolute atomic E-state index is 0.318. The second kappa shape index (κ2) is 8.43. The summed E-state index contributed by atoms with van der Waals surface area (Å²) in [5.41, 5.74) is 12.0. The van der Waals surface area contributed by atoms with Gasteiger partial charge >= 0.3 is 0 Å². The lowest BCUT2D eigenvalue weighted by Gasteiger charge is -2.24. The van der Waals surface area contributed by atoms with Crippen LogP contribution in [-0.4, -0.2) is 34.6 Å². The first kappa shape index (κ1) is 20.2. The summed E-state index contributed by atoms with van der Waals surface area (Å²) in [6.45, 7) is 0.792. The Hall–Kier alpha value is -3.71. The molecule has 1 unspecified atom stereocenters. The molecule has 0 spiro atoms. The van der Waals surface area contributed by atoms with Crippen molar-refractivity contribution in [3.63, 3.8) is 0 Å². The van der Waals surface area contributed by atoms with E-state index in [2.05, 4.69) is 38.5 Å². The number of hydrogen-bond donors (Lipinski definition) is 3. The molecule has 4 aromatic rings. The third kappa shape index (κ3) is 3.94. The Morgan fingerprint density at radius 2 is 1.97 bits per heavy atom. The average molecular weight is 429 g/mol. The molecule has 7 heteroatoms. The molecule has 1 aliphatic rings. The zero-order valence-electron chi connectivity index (χ0n) is 17.7. The van der Waals surface area contributed by atoms with Crippen molar-refractivity contribution in [1.82, 2.24) is 20.3 Å². The van der Waals surface area contributed by atoms with Crippen LogP contribution in [-0.2, 0) is 6.42 Å². The largest absolute Gasteiger partial charge is 0.496 e. The summed E-state index contributed by atoms with van der Waals surface area (Å²) in [4.78, 5) is 12.3. The van der Waals surface area contributed by atoms with Crippen LogP contribution in [0.5, 0.6) is 5.75 Å². The van der Waals surface area contributed by atoms with E-state index in [9.17, 15) is 4.39 Å². The molecular weight excluding hydrogens is 405 g/mol. The van der Waals surface area contributed by atoms with Crippen LogP contribution in [0, 0.1) is 5.82 Å². The van der Waals surface area contributed by atoms with Crippen LogP contribution in [0.3, 0.4) is 0 Å². The monoisotopic (exact) mass is 429 g/mol. The van der Waals surface area contributed by atoms with Gasteiger partial charge in [0.15, 0.2) is 0 Å². The number of H-pyrrole nitrogens is 1. The van der Waals surface area contributed by atoms with Crippen molar-refractivity contribution < 1.29 is 9.13 Å². The number of hydrogen-bond acceptors (Lipinski definition) is 5. The van der Waals surface area contributed by atoms with Gasteiger partial charge in [0, 0.05) is 34.9 Å². The maximum Gasteiger partial charge on any atom is 0.141 e. The van der Waals surface area contributed by atoms with Crippen molar-refractivity contribution in [3.05, 3.63) is 78.0 Å². The molecule has 32 heavy (non-hydrogen) atoms. The van der Waals surface area contributed by atoms with E-state index in [4.69, 9.17) is 10.5 Å². The zero-order valence-corrected chi connectivity index (χ0v) is 17.7. The van der Waals surface area contributed by atoms with Gasteiger partial charge in [0.2, 0.25) is 0 Å². The molecule has 0 saturated carbocycles. The molecular formula is C25H24FN5O. The molecule has 6 nitrogen and oxygen atoms in total. The van der Waals surface area contributed by atoms with E-state index in [-0.39, 0.29) is 5.82 Å². The van der Waals surface area contributed by atoms with Crippen molar-refractivity contribution in [2.75, 3.05) is 19.4 Å². The molecule has 1 aliphatic heterocycles. The standard InChI is InChI=1S/C25H24FN5O/c1-32-23-7-4-17(26)12-20(23)24-21-13-22(31-25(21)30-14-29-24)16-8-9-28-19(11-16)10-15-2-5-18(27)6-3-15/h2-8,12-14,19,28H,9-11,27H2,1H3,(H,29,30,31). The first-order chi connectivity index (χ1) is 15.6. The third-order valence-corrected chi connectivity index (χ3v) is 5.87. The van der Waals surface area contributed by atoms with E-state index in [0.717, 1.165) is 36.2 Å². The van der Waals surface area contributed by atoms with E-state index < -0.39 is 0 Å². The minimum Gasteiger partial charge on any atom is -0.496 e. The Kier molecular flexibility index (Phi) is 5.33. The van der Waals surface area contributed by atoms with Crippen LogP contribution in [0.25, 0.3) is 27.9 Å². The fraction of sp³-hybridized carbons (Fsp3) is 0.200. The first-order valence-electron chi connectivity index (χ1n) is 10.6. The Morgan fingerprint density at radius 1 is 1.12 bits per heavy atom. The lowest BCUT2D eigenvalue weighted by molar-refractivity contribution is 0.415. The average Bonchev–Trinajstić information content (AvgIpc) is 3.25. The zero-order chi connectivity index (χ0) is 22.1. The van der Waals surface area contributed by atoms with Gasteiger partial charge < -0.3 is 20.8 Å². The molecule has 0 saturated heterocycles. The molecule has 2 aromatic heterocycles. The van der Waals surface area contributed by atoms with Crippen molar-refractivity contribution in [1.29, 1.82) is 0 Å². The summed E-state index contributed by atoms with van der Waals surface area (Å²) in [5, 5.41) is 4.40. The summed E-state index contributed by atoms with van der Waals surface area (Å²) in [7, 11) is 1.57. The Bertz CT molecular complexity index is 1300. The molecule has 162 valence electrons. The lowest BCUT2D eigenvalue weighted by Crippen LogP contribution is -2.34. The number of aromatic amines is 1. The summed E-state index contributed by atoms with van der Waals surface area (Å²) in [6, 6.07) is 14.8. The van der Waals surface area contributed by atoms with Gasteiger partial charge in [-0.2, -0.15) is 0 Å². The molecule has 0 radical (unpaired) electrons. The lowest BCUT2D eigenvalue weighted by atomic mass is 9.94. The van der Waals surface area contributed by atoms with Gasteiger partial charge in [-0.25, -0.2) is 14.4 Å². The molecule has 3 heterocycles. The van der Waals surface area contributed by atoms with Gasteiger partial charge in [-0.1, -0.05) is 18.2 Å². The Morgan fingerprint density at radius 3 is 2.78 bits per heavy atom. The maximum absolute atomic E-state index is 14.0. The number of aromatic nitrogens is 3. The highest BCUT2D eigenvalue weighted by molar-refractivity contribution is 5.94. The van der Waals surface area contributed by atoms with Gasteiger partial charge in [-0.15, -0.1) is 0 Å². The molecule has 0 bridgehead atoms. The highest BCUT2D eigenvalue weighted by Crippen LogP contribution is 2.35. The van der Waals surface area contributed by atoms with Crippen LogP contribution in [0.1, 0.15) is 17.7 Å². The smallest absolute Gasteiger partial charge is 0.141 e. The van der Waals surface area contributed by atoms with Crippen molar-refractivity contribution in [3.8, 4) is 17.0 Å². The highest BCUT2D eigenvalue weighted by Gasteiger charge is 2.20. The molecule has 0 aliphatic carbocycles. The summed E-state index contributed by atoms with van der Waals surface area (Å²) >= 11 is 0. The molecule has 1 atom stereocenters. The summed E-state index contributed by atoms with van der Waals surface area (Å²) < 4.78 is 19.4. The van der Waals surface area contributed by atoms with Crippen LogP contribution in [0.4, 0.5) is 10.1 Å². The van der Waals surface area contributed by atoms with Crippen molar-refractivity contribution in [2.45, 2.75) is 18.9 Å². The fourth-order valence-corrected chi connectivity index (χ4v) is 4.26. The topological polar surface area (TPSA) is 88.9 Å². The number of nitrogen functional groups attached to an aromatic ring is 1. The molecule has 5 rings (SSSR count). The maximum atomic E-state index is 14.0. The number of nitrogens with zero attached hydrogens (tertiary/aromatic N) is 2. The van der Waals surface area contributed by atoms with Crippen LogP contribution >= 0.6 is 0 Å². The van der Waals surface area contributed by atoms with Gasteiger partial charge in [0.25, 0.3) is 0 Å². The molecule has 2 aromatic carbocycles. The van der Waals surface area contributed by atoms with Crippen LogP contribution < -0.4 is 15.8 Å². The predicted octanol–water partition coefficient (Wildman–Crippen LogP) is 4.34. The predicted molar refractivity (Wildman–Crippen MR) is 125 cm³/mol. The molecule has 4 N–H and O–H groups in total. The Balaban J connectivity index is 1.45. The number of rotatable bonds is 5. The SMILES string of the molecule is COc1ccc(F)cc1-c1ncnc2[nH]c(C3=CCNC(Cc4ccc(N)cc4)C3)cc12. The normalized spacial score (nSPS) is 16.2. The van der Waals surface area contributed by atoms with E-state index in [1.807, 2.05) is 18.2 Å². The quantitative estimate of drug-likeness (QED) is 0.411. The number of nitrogens with one attached hydrogen (secondary N) is 2. The van der Waals surface area contributed by atoms with E-state index in [0.29, 0.717) is 28.7 Å². The first-order valence-corrected chi connectivity index (χ1v) is 10.6. The van der Waals surface area contributed by atoms with Gasteiger partial charge in [-0.3, -0.25) is 0 Å². The van der Waals surface area contributed by atoms with Crippen molar-refractivity contribution in [2.24, 2.45) is 0 Å². The van der Waals surface area contributed by atoms with E-state index >= 15 is 0 Å². The van der Waals surface area contributed by atoms with E-state index in [1.165, 1.54) is 29.6 Å². The third-order valence-electron chi connectivity index (χ3n) is 5.87. The van der Waals surface area contributed by atoms with Crippen LogP contribution in [0.15, 0.2) is 60.9 Å². The second-order valence-corrected chi connectivity index (χ2v) is 8.00. The number of anilines is 1. The van der Waals surface area contributed by atoms with Gasteiger partial charge in [-0.05, 0) is 60.4 Å².